The molecule has 0 saturated carbocycles. The van der Waals surface area contributed by atoms with Crippen LogP contribution >= 0.6 is 0 Å². The molecular weight excluding hydrogens is 346 g/mol. The van der Waals surface area contributed by atoms with E-state index >= 15 is 0 Å². The molecule has 4 aromatic rings. The summed E-state index contributed by atoms with van der Waals surface area (Å²) in [5.74, 6) is 0.909. The molecule has 140 valence electrons. The molecule has 0 fully saturated rings. The zero-order valence-electron chi connectivity index (χ0n) is 15.8. The van der Waals surface area contributed by atoms with Crippen molar-refractivity contribution < 1.29 is 4.79 Å². The number of benzene rings is 3. The van der Waals surface area contributed by atoms with E-state index in [1.165, 1.54) is 22.4 Å². The SMILES string of the molecule is C=CC(=O)NCCCc1nc2ccccc2n1Cc1ccc2ccccc2c1. The summed E-state index contributed by atoms with van der Waals surface area (Å²) in [7, 11) is 0. The molecule has 0 spiro atoms. The summed E-state index contributed by atoms with van der Waals surface area (Å²) < 4.78 is 2.29. The lowest BCUT2D eigenvalue weighted by molar-refractivity contribution is -0.116. The minimum atomic E-state index is -0.135. The van der Waals surface area contributed by atoms with Gasteiger partial charge in [0.2, 0.25) is 5.91 Å². The van der Waals surface area contributed by atoms with Crippen LogP contribution in [0.3, 0.4) is 0 Å². The smallest absolute Gasteiger partial charge is 0.243 e. The van der Waals surface area contributed by atoms with Gasteiger partial charge in [-0.1, -0.05) is 55.1 Å². The topological polar surface area (TPSA) is 46.9 Å². The molecule has 0 radical (unpaired) electrons. The van der Waals surface area contributed by atoms with E-state index in [1.807, 2.05) is 6.07 Å². The van der Waals surface area contributed by atoms with Crippen molar-refractivity contribution in [3.63, 3.8) is 0 Å². The number of nitrogens with zero attached hydrogens (tertiary/aromatic N) is 2. The third kappa shape index (κ3) is 3.81. The number of amides is 1. The average molecular weight is 369 g/mol. The number of aromatic nitrogens is 2. The summed E-state index contributed by atoms with van der Waals surface area (Å²) in [6.45, 7) is 4.87. The second-order valence-electron chi connectivity index (χ2n) is 6.88. The molecule has 4 rings (SSSR count). The zero-order chi connectivity index (χ0) is 19.3. The Kier molecular flexibility index (Phi) is 5.20. The van der Waals surface area contributed by atoms with E-state index < -0.39 is 0 Å². The van der Waals surface area contributed by atoms with Crippen LogP contribution in [0, 0.1) is 0 Å². The number of rotatable bonds is 7. The summed E-state index contributed by atoms with van der Waals surface area (Å²) in [4.78, 5) is 16.2. The Labute approximate surface area is 164 Å². The van der Waals surface area contributed by atoms with E-state index in [4.69, 9.17) is 4.98 Å². The molecule has 0 bridgehead atoms. The Hall–Kier alpha value is -3.40. The molecule has 4 heteroatoms. The van der Waals surface area contributed by atoms with E-state index in [1.54, 1.807) is 0 Å². The Balaban J connectivity index is 1.60. The van der Waals surface area contributed by atoms with E-state index in [-0.39, 0.29) is 5.91 Å². The summed E-state index contributed by atoms with van der Waals surface area (Å²) >= 11 is 0. The minimum Gasteiger partial charge on any atom is -0.353 e. The van der Waals surface area contributed by atoms with Crippen molar-refractivity contribution in [2.45, 2.75) is 19.4 Å². The van der Waals surface area contributed by atoms with Crippen LogP contribution in [0.25, 0.3) is 21.8 Å². The van der Waals surface area contributed by atoms with Gasteiger partial charge in [-0.25, -0.2) is 4.98 Å². The predicted molar refractivity (Wildman–Crippen MR) is 114 cm³/mol. The van der Waals surface area contributed by atoms with Crippen molar-refractivity contribution in [2.24, 2.45) is 0 Å². The molecule has 1 amide bonds. The van der Waals surface area contributed by atoms with Gasteiger partial charge in [0.05, 0.1) is 11.0 Å². The Bertz CT molecular complexity index is 1140. The first-order valence-corrected chi connectivity index (χ1v) is 9.57. The number of para-hydroxylation sites is 2. The van der Waals surface area contributed by atoms with Crippen LogP contribution in [-0.2, 0) is 17.8 Å². The number of fused-ring (bicyclic) bond motifs is 2. The van der Waals surface area contributed by atoms with Gasteiger partial charge in [-0.15, -0.1) is 0 Å². The molecule has 4 nitrogen and oxygen atoms in total. The van der Waals surface area contributed by atoms with Gasteiger partial charge in [0.25, 0.3) is 0 Å². The van der Waals surface area contributed by atoms with Gasteiger partial charge >= 0.3 is 0 Å². The molecule has 0 aliphatic heterocycles. The molecule has 28 heavy (non-hydrogen) atoms. The first kappa shape index (κ1) is 18.0. The molecular formula is C24H23N3O. The highest BCUT2D eigenvalue weighted by atomic mass is 16.1. The van der Waals surface area contributed by atoms with Gasteiger partial charge in [-0.05, 0) is 47.0 Å². The highest BCUT2D eigenvalue weighted by molar-refractivity contribution is 5.86. The van der Waals surface area contributed by atoms with Crippen molar-refractivity contribution in [3.8, 4) is 0 Å². The number of aryl methyl sites for hydroxylation is 1. The fourth-order valence-corrected chi connectivity index (χ4v) is 3.54. The lowest BCUT2D eigenvalue weighted by Gasteiger charge is -2.11. The summed E-state index contributed by atoms with van der Waals surface area (Å²) in [5.41, 5.74) is 3.40. The molecule has 3 aromatic carbocycles. The number of carbonyl (C=O) groups excluding carboxylic acids is 1. The Morgan fingerprint density at radius 3 is 2.68 bits per heavy atom. The predicted octanol–water partition coefficient (Wildman–Crippen LogP) is 4.47. The minimum absolute atomic E-state index is 0.135. The van der Waals surface area contributed by atoms with Crippen molar-refractivity contribution in [1.82, 2.24) is 14.9 Å². The third-order valence-corrected chi connectivity index (χ3v) is 4.95. The summed E-state index contributed by atoms with van der Waals surface area (Å²) in [5, 5.41) is 5.33. The van der Waals surface area contributed by atoms with Crippen LogP contribution in [-0.4, -0.2) is 22.0 Å². The van der Waals surface area contributed by atoms with Crippen LogP contribution in [0.5, 0.6) is 0 Å². The van der Waals surface area contributed by atoms with E-state index in [9.17, 15) is 4.79 Å². The first-order chi connectivity index (χ1) is 13.7. The van der Waals surface area contributed by atoms with Gasteiger partial charge in [0.15, 0.2) is 0 Å². The summed E-state index contributed by atoms with van der Waals surface area (Å²) in [6, 6.07) is 23.3. The van der Waals surface area contributed by atoms with Crippen molar-refractivity contribution >= 4 is 27.7 Å². The Morgan fingerprint density at radius 1 is 1.04 bits per heavy atom. The number of hydrogen-bond acceptors (Lipinski definition) is 2. The van der Waals surface area contributed by atoms with Gasteiger partial charge in [-0.2, -0.15) is 0 Å². The number of carbonyl (C=O) groups is 1. The average Bonchev–Trinajstić information content (AvgIpc) is 3.08. The highest BCUT2D eigenvalue weighted by Gasteiger charge is 2.11. The van der Waals surface area contributed by atoms with Crippen LogP contribution in [0.2, 0.25) is 0 Å². The second-order valence-corrected chi connectivity index (χ2v) is 6.88. The maximum Gasteiger partial charge on any atom is 0.243 e. The molecule has 0 unspecified atom stereocenters. The largest absolute Gasteiger partial charge is 0.353 e. The second kappa shape index (κ2) is 8.09. The van der Waals surface area contributed by atoms with E-state index in [2.05, 4.69) is 77.1 Å². The number of hydrogen-bond donors (Lipinski definition) is 1. The molecule has 1 N–H and O–H groups in total. The molecule has 1 aromatic heterocycles. The zero-order valence-corrected chi connectivity index (χ0v) is 15.8. The fraction of sp³-hybridized carbons (Fsp3) is 0.167. The van der Waals surface area contributed by atoms with Crippen LogP contribution in [0.1, 0.15) is 17.8 Å². The number of nitrogens with one attached hydrogen (secondary N) is 1. The van der Waals surface area contributed by atoms with Crippen molar-refractivity contribution in [1.29, 1.82) is 0 Å². The van der Waals surface area contributed by atoms with Crippen molar-refractivity contribution in [2.75, 3.05) is 6.54 Å². The highest BCUT2D eigenvalue weighted by Crippen LogP contribution is 2.21. The van der Waals surface area contributed by atoms with Gasteiger partial charge < -0.3 is 9.88 Å². The maximum atomic E-state index is 11.3. The standard InChI is InChI=1S/C24H23N3O/c1-2-24(28)25-15-7-12-23-26-21-10-5-6-11-22(21)27(23)17-18-13-14-19-8-3-4-9-20(19)16-18/h2-6,8-11,13-14,16H,1,7,12,15,17H2,(H,25,28). The molecule has 0 atom stereocenters. The van der Waals surface area contributed by atoms with E-state index in [0.29, 0.717) is 6.54 Å². The lowest BCUT2D eigenvalue weighted by atomic mass is 10.1. The molecule has 1 heterocycles. The fourth-order valence-electron chi connectivity index (χ4n) is 3.54. The lowest BCUT2D eigenvalue weighted by Crippen LogP contribution is -2.22. The van der Waals surface area contributed by atoms with Crippen molar-refractivity contribution in [3.05, 3.63) is 90.8 Å². The normalized spacial score (nSPS) is 11.0. The van der Waals surface area contributed by atoms with Gasteiger partial charge in [0, 0.05) is 19.5 Å². The summed E-state index contributed by atoms with van der Waals surface area (Å²) in [6.07, 6.45) is 2.94. The van der Waals surface area contributed by atoms with Crippen LogP contribution in [0.15, 0.2) is 79.4 Å². The Morgan fingerprint density at radius 2 is 1.82 bits per heavy atom. The first-order valence-electron chi connectivity index (χ1n) is 9.57. The number of imidazole rings is 1. The monoisotopic (exact) mass is 369 g/mol. The molecule has 0 aliphatic carbocycles. The van der Waals surface area contributed by atoms with Crippen LogP contribution in [0.4, 0.5) is 0 Å². The van der Waals surface area contributed by atoms with Gasteiger partial charge in [0.1, 0.15) is 5.82 Å². The quantitative estimate of drug-likeness (QED) is 0.386. The maximum absolute atomic E-state index is 11.3. The van der Waals surface area contributed by atoms with Crippen LogP contribution < -0.4 is 5.32 Å². The third-order valence-electron chi connectivity index (χ3n) is 4.95. The van der Waals surface area contributed by atoms with Gasteiger partial charge in [-0.3, -0.25) is 4.79 Å². The molecule has 0 aliphatic rings. The molecule has 0 saturated heterocycles. The van der Waals surface area contributed by atoms with E-state index in [0.717, 1.165) is 36.2 Å².